The summed E-state index contributed by atoms with van der Waals surface area (Å²) in [5.41, 5.74) is 5.79. The molecule has 0 unspecified atom stereocenters. The molecular formula is C17H22O3Si. The van der Waals surface area contributed by atoms with E-state index >= 15 is 0 Å². The van der Waals surface area contributed by atoms with Gasteiger partial charge in [-0.2, -0.15) is 0 Å². The maximum atomic E-state index is 12.0. The second-order valence-corrected chi connectivity index (χ2v) is 10.9. The molecule has 0 aromatic heterocycles. The molecule has 0 saturated carbocycles. The lowest BCUT2D eigenvalue weighted by Crippen LogP contribution is -2.17. The molecule has 1 aromatic carbocycles. The number of carbonyl (C=O) groups excluding carboxylic acids is 1. The molecule has 1 aliphatic rings. The maximum Gasteiger partial charge on any atom is 0.338 e. The Hall–Kier alpha value is -1.73. The Labute approximate surface area is 127 Å². The molecule has 0 atom stereocenters. The van der Waals surface area contributed by atoms with Crippen LogP contribution in [-0.4, -0.2) is 27.3 Å². The van der Waals surface area contributed by atoms with Crippen molar-refractivity contribution in [1.29, 1.82) is 0 Å². The quantitative estimate of drug-likeness (QED) is 0.477. The van der Waals surface area contributed by atoms with Crippen molar-refractivity contribution in [2.24, 2.45) is 0 Å². The standard InChI is InChI=1S/C17H22O3Si/c1-5-19-17(18)15-11-13-7-6-9-20-16(13)14(12-15)8-10-21(2,3)4/h11-12H,5-7,9H2,1-4H3. The van der Waals surface area contributed by atoms with E-state index in [-0.39, 0.29) is 5.97 Å². The fraction of sp³-hybridized carbons (Fsp3) is 0.471. The smallest absolute Gasteiger partial charge is 0.338 e. The first-order valence-electron chi connectivity index (χ1n) is 7.41. The predicted molar refractivity (Wildman–Crippen MR) is 86.4 cm³/mol. The summed E-state index contributed by atoms with van der Waals surface area (Å²) in [6, 6.07) is 3.68. The molecular weight excluding hydrogens is 280 g/mol. The normalized spacial score (nSPS) is 13.5. The zero-order valence-electron chi connectivity index (χ0n) is 13.2. The molecule has 0 fully saturated rings. The highest BCUT2D eigenvalue weighted by Gasteiger charge is 2.19. The van der Waals surface area contributed by atoms with Gasteiger partial charge in [0.25, 0.3) is 0 Å². The molecule has 3 nitrogen and oxygen atoms in total. The summed E-state index contributed by atoms with van der Waals surface area (Å²) in [6.45, 7) is 9.49. The van der Waals surface area contributed by atoms with Gasteiger partial charge in [-0.3, -0.25) is 0 Å². The fourth-order valence-corrected chi connectivity index (χ4v) is 2.67. The first kappa shape index (κ1) is 15.7. The van der Waals surface area contributed by atoms with Crippen LogP contribution in [0.3, 0.4) is 0 Å². The third kappa shape index (κ3) is 4.12. The van der Waals surface area contributed by atoms with Crippen LogP contribution >= 0.6 is 0 Å². The van der Waals surface area contributed by atoms with E-state index in [4.69, 9.17) is 9.47 Å². The van der Waals surface area contributed by atoms with E-state index in [0.29, 0.717) is 18.8 Å². The molecule has 1 heterocycles. The molecule has 21 heavy (non-hydrogen) atoms. The van der Waals surface area contributed by atoms with Crippen molar-refractivity contribution in [2.75, 3.05) is 13.2 Å². The zero-order chi connectivity index (χ0) is 15.5. The van der Waals surface area contributed by atoms with Crippen molar-refractivity contribution in [2.45, 2.75) is 39.4 Å². The third-order valence-electron chi connectivity index (χ3n) is 3.09. The number of hydrogen-bond acceptors (Lipinski definition) is 3. The average Bonchev–Trinajstić information content (AvgIpc) is 2.44. The minimum absolute atomic E-state index is 0.290. The molecule has 1 aromatic rings. The van der Waals surface area contributed by atoms with Crippen LogP contribution in [0, 0.1) is 11.5 Å². The Morgan fingerprint density at radius 3 is 2.81 bits per heavy atom. The lowest BCUT2D eigenvalue weighted by atomic mass is 9.99. The first-order valence-corrected chi connectivity index (χ1v) is 10.9. The second kappa shape index (κ2) is 6.36. The van der Waals surface area contributed by atoms with Crippen molar-refractivity contribution in [3.63, 3.8) is 0 Å². The molecule has 0 amide bonds. The fourth-order valence-electron chi connectivity index (χ4n) is 2.16. The molecule has 0 saturated heterocycles. The van der Waals surface area contributed by atoms with Gasteiger partial charge in [-0.1, -0.05) is 25.6 Å². The average molecular weight is 302 g/mol. The topological polar surface area (TPSA) is 35.5 Å². The number of aryl methyl sites for hydroxylation is 1. The summed E-state index contributed by atoms with van der Waals surface area (Å²) in [4.78, 5) is 12.0. The predicted octanol–water partition coefficient (Wildman–Crippen LogP) is 3.42. The molecule has 4 heteroatoms. The van der Waals surface area contributed by atoms with Gasteiger partial charge in [0, 0.05) is 0 Å². The van der Waals surface area contributed by atoms with Gasteiger partial charge in [0.05, 0.1) is 24.3 Å². The number of hydrogen-bond donors (Lipinski definition) is 0. The molecule has 0 radical (unpaired) electrons. The van der Waals surface area contributed by atoms with E-state index in [2.05, 4.69) is 31.1 Å². The summed E-state index contributed by atoms with van der Waals surface area (Å²) >= 11 is 0. The highest BCUT2D eigenvalue weighted by atomic mass is 28.3. The number of esters is 1. The molecule has 2 rings (SSSR count). The number of fused-ring (bicyclic) bond motifs is 1. The summed E-state index contributed by atoms with van der Waals surface area (Å²) in [5.74, 6) is 3.79. The van der Waals surface area contributed by atoms with Gasteiger partial charge in [0.2, 0.25) is 0 Å². The highest BCUT2D eigenvalue weighted by molar-refractivity contribution is 6.83. The van der Waals surface area contributed by atoms with Crippen molar-refractivity contribution >= 4 is 14.0 Å². The molecule has 0 N–H and O–H groups in total. The molecule has 0 spiro atoms. The Morgan fingerprint density at radius 1 is 1.38 bits per heavy atom. The first-order chi connectivity index (χ1) is 9.90. The molecule has 0 aliphatic carbocycles. The van der Waals surface area contributed by atoms with E-state index in [1.807, 2.05) is 13.0 Å². The van der Waals surface area contributed by atoms with E-state index in [1.165, 1.54) is 0 Å². The van der Waals surface area contributed by atoms with Gasteiger partial charge in [-0.05, 0) is 37.5 Å². The van der Waals surface area contributed by atoms with Crippen molar-refractivity contribution in [3.8, 4) is 17.2 Å². The summed E-state index contributed by atoms with van der Waals surface area (Å²) in [6.07, 6.45) is 1.89. The third-order valence-corrected chi connectivity index (χ3v) is 3.96. The number of benzene rings is 1. The van der Waals surface area contributed by atoms with Crippen LogP contribution in [0.2, 0.25) is 19.6 Å². The Bertz CT molecular complexity index is 603. The van der Waals surface area contributed by atoms with Crippen LogP contribution in [0.4, 0.5) is 0 Å². The van der Waals surface area contributed by atoms with Crippen molar-refractivity contribution in [1.82, 2.24) is 0 Å². The van der Waals surface area contributed by atoms with Crippen molar-refractivity contribution in [3.05, 3.63) is 28.8 Å². The minimum atomic E-state index is -1.48. The van der Waals surface area contributed by atoms with Crippen LogP contribution in [0.5, 0.6) is 5.75 Å². The number of carbonyl (C=O) groups is 1. The summed E-state index contributed by atoms with van der Waals surface area (Å²) < 4.78 is 10.9. The van der Waals surface area contributed by atoms with Gasteiger partial charge in [0.1, 0.15) is 13.8 Å². The Kier molecular flexibility index (Phi) is 4.74. The van der Waals surface area contributed by atoms with Crippen molar-refractivity contribution < 1.29 is 14.3 Å². The second-order valence-electron chi connectivity index (χ2n) is 6.18. The van der Waals surface area contributed by atoms with Crippen LogP contribution in [0.25, 0.3) is 0 Å². The van der Waals surface area contributed by atoms with Crippen LogP contribution < -0.4 is 4.74 Å². The SMILES string of the molecule is CCOC(=O)c1cc(C#C[Si](C)(C)C)c2c(c1)CCCO2. The van der Waals surface area contributed by atoms with Gasteiger partial charge in [0.15, 0.2) is 0 Å². The van der Waals surface area contributed by atoms with Crippen LogP contribution in [0.1, 0.15) is 34.8 Å². The number of ether oxygens (including phenoxy) is 2. The van der Waals surface area contributed by atoms with Gasteiger partial charge < -0.3 is 9.47 Å². The largest absolute Gasteiger partial charge is 0.492 e. The van der Waals surface area contributed by atoms with Gasteiger partial charge >= 0.3 is 5.97 Å². The van der Waals surface area contributed by atoms with Crippen LogP contribution in [-0.2, 0) is 11.2 Å². The van der Waals surface area contributed by atoms with E-state index in [1.54, 1.807) is 6.07 Å². The van der Waals surface area contributed by atoms with E-state index in [0.717, 1.165) is 29.7 Å². The maximum absolute atomic E-state index is 12.0. The molecule has 112 valence electrons. The molecule has 1 aliphatic heterocycles. The lowest BCUT2D eigenvalue weighted by molar-refractivity contribution is 0.0526. The highest BCUT2D eigenvalue weighted by Crippen LogP contribution is 2.30. The minimum Gasteiger partial charge on any atom is -0.492 e. The molecule has 0 bridgehead atoms. The summed E-state index contributed by atoms with van der Waals surface area (Å²) in [7, 11) is -1.48. The van der Waals surface area contributed by atoms with E-state index in [9.17, 15) is 4.79 Å². The number of rotatable bonds is 2. The zero-order valence-corrected chi connectivity index (χ0v) is 14.2. The Morgan fingerprint density at radius 2 is 2.14 bits per heavy atom. The van der Waals surface area contributed by atoms with Gasteiger partial charge in [-0.15, -0.1) is 5.54 Å². The van der Waals surface area contributed by atoms with Crippen LogP contribution in [0.15, 0.2) is 12.1 Å². The Balaban J connectivity index is 2.47. The summed E-state index contributed by atoms with van der Waals surface area (Å²) in [5, 5.41) is 0. The van der Waals surface area contributed by atoms with E-state index < -0.39 is 8.07 Å². The van der Waals surface area contributed by atoms with Gasteiger partial charge in [-0.25, -0.2) is 4.79 Å². The lowest BCUT2D eigenvalue weighted by Gasteiger charge is -2.19. The monoisotopic (exact) mass is 302 g/mol.